The molecule has 1 aromatic rings. The zero-order chi connectivity index (χ0) is 15.6. The van der Waals surface area contributed by atoms with Gasteiger partial charge in [0, 0.05) is 4.90 Å². The van der Waals surface area contributed by atoms with Gasteiger partial charge < -0.3 is 0 Å². The molecule has 0 aromatic heterocycles. The fourth-order valence-corrected chi connectivity index (χ4v) is 3.67. The van der Waals surface area contributed by atoms with Gasteiger partial charge in [0.15, 0.2) is 0 Å². The van der Waals surface area contributed by atoms with E-state index in [-0.39, 0.29) is 0 Å². The van der Waals surface area contributed by atoms with E-state index in [1.54, 1.807) is 0 Å². The van der Waals surface area contributed by atoms with Gasteiger partial charge in [-0.05, 0) is 34.5 Å². The molecule has 0 aliphatic rings. The minimum absolute atomic E-state index is 0.382. The minimum Gasteiger partial charge on any atom is -0.213 e. The van der Waals surface area contributed by atoms with Gasteiger partial charge >= 0.3 is 23.7 Å². The zero-order valence-corrected chi connectivity index (χ0v) is 11.8. The van der Waals surface area contributed by atoms with Crippen molar-refractivity contribution in [1.82, 2.24) is 0 Å². The lowest BCUT2D eigenvalue weighted by atomic mass is 10.3. The highest BCUT2D eigenvalue weighted by atomic mass is 32.2. The van der Waals surface area contributed by atoms with Crippen LogP contribution in [0.25, 0.3) is 0 Å². The first-order valence-electron chi connectivity index (χ1n) is 4.59. The average Bonchev–Trinajstić information content (AvgIpc) is 2.24. The molecule has 0 saturated carbocycles. The van der Waals surface area contributed by atoms with E-state index in [0.29, 0.717) is 18.2 Å². The highest BCUT2D eigenvalue weighted by molar-refractivity contribution is 8.00. The normalized spacial score (nSPS) is 13.3. The molecule has 0 radical (unpaired) electrons. The first-order valence-corrected chi connectivity index (χ1v) is 8.22. The third-order valence-electron chi connectivity index (χ3n) is 1.72. The highest BCUT2D eigenvalue weighted by Crippen LogP contribution is 2.40. The topological polar surface area (TPSA) is 80.7 Å². The Bertz CT molecular complexity index is 616. The van der Waals surface area contributed by atoms with Gasteiger partial charge in [-0.3, -0.25) is 0 Å². The maximum atomic E-state index is 12.9. The van der Waals surface area contributed by atoms with E-state index in [9.17, 15) is 30.5 Å². The van der Waals surface area contributed by atoms with Gasteiger partial charge in [0.2, 0.25) is 0 Å². The summed E-state index contributed by atoms with van der Waals surface area (Å²) in [5, 5.41) is 0. The van der Waals surface area contributed by atoms with Gasteiger partial charge in [0.05, 0.1) is 0 Å². The minimum atomic E-state index is -4.83. The van der Waals surface area contributed by atoms with Crippen molar-refractivity contribution in [2.45, 2.75) is 15.3 Å². The predicted molar refractivity (Wildman–Crippen MR) is 61.3 cm³/mol. The van der Waals surface area contributed by atoms with Gasteiger partial charge in [-0.15, -0.1) is 0 Å². The number of halogens is 4. The molecule has 0 spiro atoms. The summed E-state index contributed by atoms with van der Waals surface area (Å²) in [6, 6.07) is 1.60. The van der Waals surface area contributed by atoms with Crippen molar-refractivity contribution in [3.8, 4) is 0 Å². The van der Waals surface area contributed by atoms with E-state index in [0.717, 1.165) is 0 Å². The monoisotopic (exact) mass is 353 g/mol. The Hall–Kier alpha value is -0.740. The van der Waals surface area contributed by atoms with Gasteiger partial charge in [-0.2, -0.15) is 26.5 Å². The molecule has 0 amide bonds. The second-order valence-electron chi connectivity index (χ2n) is 3.19. The van der Waals surface area contributed by atoms with Crippen LogP contribution in [0.15, 0.2) is 28.0 Å². The molecular weight excluding hydrogens is 347 g/mol. The number of benzene rings is 1. The lowest BCUT2D eigenvalue weighted by Gasteiger charge is -2.10. The van der Waals surface area contributed by atoms with Crippen molar-refractivity contribution in [3.63, 3.8) is 0 Å². The van der Waals surface area contributed by atoms with E-state index in [1.165, 1.54) is 0 Å². The van der Waals surface area contributed by atoms with E-state index in [2.05, 4.69) is 4.18 Å². The van der Waals surface area contributed by atoms with Crippen LogP contribution in [0.2, 0.25) is 0 Å². The first kappa shape index (κ1) is 17.3. The van der Waals surface area contributed by atoms with Crippen molar-refractivity contribution < 1.29 is 39.6 Å². The molecule has 1 unspecified atom stereocenters. The summed E-state index contributed by atoms with van der Waals surface area (Å²) in [4.78, 5) is 6.58. The molecule has 1 atom stereocenters. The SMILES string of the molecule is O=[P+](O)COS(=O)(=O)c1ccc(F)cc1SC(F)(F)F. The lowest BCUT2D eigenvalue weighted by molar-refractivity contribution is -0.0329. The van der Waals surface area contributed by atoms with Crippen LogP contribution in [0.5, 0.6) is 0 Å². The maximum absolute atomic E-state index is 12.9. The summed E-state index contributed by atoms with van der Waals surface area (Å²) in [5.41, 5.74) is -4.83. The van der Waals surface area contributed by atoms with Crippen LogP contribution in [0.4, 0.5) is 17.6 Å². The summed E-state index contributed by atoms with van der Waals surface area (Å²) in [7, 11) is -7.66. The Labute approximate surface area is 115 Å². The third-order valence-corrected chi connectivity index (χ3v) is 4.48. The average molecular weight is 353 g/mol. The van der Waals surface area contributed by atoms with Crippen LogP contribution in [-0.2, 0) is 18.9 Å². The highest BCUT2D eigenvalue weighted by Gasteiger charge is 2.34. The summed E-state index contributed by atoms with van der Waals surface area (Å²) in [6.45, 7) is 0. The predicted octanol–water partition coefficient (Wildman–Crippen LogP) is 2.84. The lowest BCUT2D eigenvalue weighted by Crippen LogP contribution is -2.09. The van der Waals surface area contributed by atoms with Crippen LogP contribution in [0, 0.1) is 5.82 Å². The van der Waals surface area contributed by atoms with Crippen LogP contribution >= 0.6 is 19.8 Å². The molecule has 12 heteroatoms. The van der Waals surface area contributed by atoms with Gasteiger partial charge in [0.1, 0.15) is 10.7 Å². The van der Waals surface area contributed by atoms with E-state index < -0.39 is 57.4 Å². The second kappa shape index (κ2) is 6.35. The molecule has 1 N–H and O–H groups in total. The number of rotatable bonds is 5. The van der Waals surface area contributed by atoms with Crippen molar-refractivity contribution in [3.05, 3.63) is 24.0 Å². The first-order chi connectivity index (χ1) is 9.01. The van der Waals surface area contributed by atoms with Crippen molar-refractivity contribution in [2.75, 3.05) is 6.35 Å². The van der Waals surface area contributed by atoms with Gasteiger partial charge in [-0.25, -0.2) is 8.57 Å². The zero-order valence-electron chi connectivity index (χ0n) is 9.29. The molecule has 0 bridgehead atoms. The number of hydrogen-bond acceptors (Lipinski definition) is 5. The second-order valence-corrected chi connectivity index (χ2v) is 6.85. The Morgan fingerprint density at radius 3 is 2.45 bits per heavy atom. The number of thioether (sulfide) groups is 1. The molecular formula is C8H6F4O5PS2+. The fourth-order valence-electron chi connectivity index (χ4n) is 1.07. The Kier molecular flexibility index (Phi) is 5.50. The van der Waals surface area contributed by atoms with Crippen LogP contribution < -0.4 is 0 Å². The Morgan fingerprint density at radius 2 is 1.95 bits per heavy atom. The molecule has 0 heterocycles. The van der Waals surface area contributed by atoms with Crippen LogP contribution in [-0.4, -0.2) is 25.2 Å². The van der Waals surface area contributed by atoms with Gasteiger partial charge in [0.25, 0.3) is 6.35 Å². The maximum Gasteiger partial charge on any atom is 0.535 e. The van der Waals surface area contributed by atoms with E-state index in [4.69, 9.17) is 4.89 Å². The summed E-state index contributed by atoms with van der Waals surface area (Å²) >= 11 is -0.832. The fraction of sp³-hybridized carbons (Fsp3) is 0.250. The smallest absolute Gasteiger partial charge is 0.213 e. The van der Waals surface area contributed by atoms with Crippen molar-refractivity contribution in [1.29, 1.82) is 0 Å². The molecule has 0 saturated heterocycles. The number of hydrogen-bond donors (Lipinski definition) is 1. The van der Waals surface area contributed by atoms with Crippen molar-refractivity contribution in [2.24, 2.45) is 0 Å². The molecule has 20 heavy (non-hydrogen) atoms. The largest absolute Gasteiger partial charge is 0.535 e. The third kappa shape index (κ3) is 5.33. The Balaban J connectivity index is 3.20. The van der Waals surface area contributed by atoms with Crippen LogP contribution in [0.1, 0.15) is 0 Å². The quantitative estimate of drug-likeness (QED) is 0.379. The Morgan fingerprint density at radius 1 is 1.35 bits per heavy atom. The standard InChI is InChI=1S/C8H5F4O5PS2/c9-5-1-2-7(6(3-5)19-8(10,11)12)20(15,16)17-4-18(13)14/h1-3H,4H2/p+1. The van der Waals surface area contributed by atoms with Crippen LogP contribution in [0.3, 0.4) is 0 Å². The molecule has 0 aliphatic heterocycles. The molecule has 0 aliphatic carbocycles. The molecule has 5 nitrogen and oxygen atoms in total. The molecule has 1 aromatic carbocycles. The van der Waals surface area contributed by atoms with E-state index in [1.807, 2.05) is 0 Å². The van der Waals surface area contributed by atoms with Gasteiger partial charge in [-0.1, -0.05) is 0 Å². The summed E-state index contributed by atoms with van der Waals surface area (Å²) in [6.07, 6.45) is -1.11. The molecule has 0 fully saturated rings. The summed E-state index contributed by atoms with van der Waals surface area (Å²) in [5.74, 6) is -1.07. The van der Waals surface area contributed by atoms with Crippen molar-refractivity contribution >= 4 is 29.9 Å². The molecule has 1 rings (SSSR count). The van der Waals surface area contributed by atoms with E-state index >= 15 is 0 Å². The summed E-state index contributed by atoms with van der Waals surface area (Å²) < 4.78 is 87.4. The number of alkyl halides is 3. The molecule has 112 valence electrons.